The summed E-state index contributed by atoms with van der Waals surface area (Å²) in [5.74, 6) is 0.632. The van der Waals surface area contributed by atoms with Crippen molar-refractivity contribution in [3.63, 3.8) is 0 Å². The van der Waals surface area contributed by atoms with Gasteiger partial charge in [-0.1, -0.05) is 0 Å². The van der Waals surface area contributed by atoms with Gasteiger partial charge in [-0.25, -0.2) is 4.98 Å². The van der Waals surface area contributed by atoms with Crippen LogP contribution in [0.4, 0.5) is 0 Å². The number of rotatable bonds is 4. The second-order valence-electron chi connectivity index (χ2n) is 6.27. The number of carbonyl (C=O) groups is 1. The van der Waals surface area contributed by atoms with Gasteiger partial charge in [0.05, 0.1) is 15.3 Å². The first kappa shape index (κ1) is 16.4. The van der Waals surface area contributed by atoms with E-state index in [1.54, 1.807) is 6.20 Å². The van der Waals surface area contributed by atoms with Crippen molar-refractivity contribution in [2.45, 2.75) is 41.2 Å². The molecule has 24 heavy (non-hydrogen) atoms. The minimum atomic E-state index is 0.0213. The molecule has 0 aromatic carbocycles. The van der Waals surface area contributed by atoms with E-state index in [0.29, 0.717) is 17.1 Å². The van der Waals surface area contributed by atoms with Gasteiger partial charge in [0.1, 0.15) is 0 Å². The van der Waals surface area contributed by atoms with Crippen molar-refractivity contribution >= 4 is 40.6 Å². The molecule has 0 radical (unpaired) electrons. The third kappa shape index (κ3) is 3.22. The number of hydrogen-bond donors (Lipinski definition) is 1. The summed E-state index contributed by atoms with van der Waals surface area (Å²) >= 11 is 8.56. The fraction of sp³-hybridized carbons (Fsp3) is 0.500. The molecule has 2 atom stereocenters. The van der Waals surface area contributed by atoms with Crippen molar-refractivity contribution in [3.05, 3.63) is 28.6 Å². The van der Waals surface area contributed by atoms with Crippen LogP contribution in [0.25, 0.3) is 0 Å². The van der Waals surface area contributed by atoms with Gasteiger partial charge in [0.2, 0.25) is 0 Å². The normalized spacial score (nSPS) is 28.9. The maximum atomic E-state index is 12.6. The first-order valence-corrected chi connectivity index (χ1v) is 10.0. The van der Waals surface area contributed by atoms with Crippen LogP contribution in [0.1, 0.15) is 29.4 Å². The maximum Gasteiger partial charge on any atom is 0.293 e. The molecule has 5 rings (SSSR count). The van der Waals surface area contributed by atoms with E-state index in [1.165, 1.54) is 35.9 Å². The highest BCUT2D eigenvalue weighted by atomic mass is 35.5. The summed E-state index contributed by atoms with van der Waals surface area (Å²) in [7, 11) is 0. The molecule has 3 saturated heterocycles. The van der Waals surface area contributed by atoms with E-state index in [1.807, 2.05) is 12.1 Å². The molecule has 5 heterocycles. The van der Waals surface area contributed by atoms with E-state index in [4.69, 9.17) is 16.0 Å². The van der Waals surface area contributed by atoms with Crippen LogP contribution >= 0.6 is 34.7 Å². The number of nitrogens with one attached hydrogen (secondary N) is 1. The lowest BCUT2D eigenvalue weighted by Gasteiger charge is -2.49. The Kier molecular flexibility index (Phi) is 4.60. The molecule has 2 bridgehead atoms. The lowest BCUT2D eigenvalue weighted by molar-refractivity contribution is 0.0218. The van der Waals surface area contributed by atoms with Gasteiger partial charge in [-0.05, 0) is 74.3 Å². The zero-order valence-corrected chi connectivity index (χ0v) is 15.6. The van der Waals surface area contributed by atoms with E-state index in [-0.39, 0.29) is 17.3 Å². The van der Waals surface area contributed by atoms with Crippen molar-refractivity contribution in [3.8, 4) is 0 Å². The molecule has 0 aliphatic carbocycles. The maximum absolute atomic E-state index is 12.6. The summed E-state index contributed by atoms with van der Waals surface area (Å²) in [5.41, 5.74) is 0. The lowest BCUT2D eigenvalue weighted by atomic mass is 9.79. The molecule has 3 aliphatic heterocycles. The highest BCUT2D eigenvalue weighted by Gasteiger charge is 2.40. The van der Waals surface area contributed by atoms with Crippen molar-refractivity contribution in [1.82, 2.24) is 15.2 Å². The van der Waals surface area contributed by atoms with Crippen LogP contribution in [-0.4, -0.2) is 41.0 Å². The van der Waals surface area contributed by atoms with E-state index in [9.17, 15) is 4.79 Å². The van der Waals surface area contributed by atoms with Crippen LogP contribution in [0.3, 0.4) is 0 Å². The second-order valence-corrected chi connectivity index (χ2v) is 8.98. The summed E-state index contributed by atoms with van der Waals surface area (Å²) < 4.78 is 6.23. The summed E-state index contributed by atoms with van der Waals surface area (Å²) in [5, 5.41) is 4.01. The number of halogens is 1. The Hall–Kier alpha value is -1.02. The summed E-state index contributed by atoms with van der Waals surface area (Å²) in [6.45, 7) is 4.55. The topological polar surface area (TPSA) is 58.4 Å². The molecule has 0 saturated carbocycles. The molecule has 3 fully saturated rings. The number of fused-ring (bicyclic) bond motifs is 3. The van der Waals surface area contributed by atoms with E-state index in [0.717, 1.165) is 22.2 Å². The SMILES string of the molecule is C[C@H]1[C@H](NC(=O)c2ccc(Sc3cnc(Cl)o3)s2)C2CCN1CC2. The molecular formula is C16H18ClN3O2S2. The van der Waals surface area contributed by atoms with Crippen LogP contribution in [0.15, 0.2) is 32.0 Å². The van der Waals surface area contributed by atoms with Crippen molar-refractivity contribution < 1.29 is 9.21 Å². The van der Waals surface area contributed by atoms with Gasteiger partial charge >= 0.3 is 0 Å². The Morgan fingerprint density at radius 1 is 1.46 bits per heavy atom. The Labute approximate surface area is 153 Å². The van der Waals surface area contributed by atoms with E-state index < -0.39 is 0 Å². The number of oxazole rings is 1. The fourth-order valence-corrected chi connectivity index (χ4v) is 5.71. The number of nitrogens with zero attached hydrogens (tertiary/aromatic N) is 2. The largest absolute Gasteiger partial charge is 0.421 e. The van der Waals surface area contributed by atoms with Gasteiger partial charge in [-0.2, -0.15) is 0 Å². The highest BCUT2D eigenvalue weighted by Crippen LogP contribution is 2.35. The lowest BCUT2D eigenvalue weighted by Crippen LogP contribution is -2.62. The molecule has 1 N–H and O–H groups in total. The van der Waals surface area contributed by atoms with E-state index >= 15 is 0 Å². The Balaban J connectivity index is 1.41. The molecule has 0 unspecified atom stereocenters. The number of amides is 1. The summed E-state index contributed by atoms with van der Waals surface area (Å²) in [6.07, 6.45) is 3.96. The minimum Gasteiger partial charge on any atom is -0.421 e. The van der Waals surface area contributed by atoms with Gasteiger partial charge in [0.15, 0.2) is 5.09 Å². The van der Waals surface area contributed by atoms with Crippen molar-refractivity contribution in [2.75, 3.05) is 13.1 Å². The Bertz CT molecular complexity index is 737. The molecule has 2 aromatic rings. The number of carbonyl (C=O) groups excluding carboxylic acids is 1. The average Bonchev–Trinajstić information content (AvgIpc) is 3.21. The smallest absolute Gasteiger partial charge is 0.293 e. The third-order valence-electron chi connectivity index (χ3n) is 4.94. The molecule has 5 nitrogen and oxygen atoms in total. The average molecular weight is 384 g/mol. The quantitative estimate of drug-likeness (QED) is 0.871. The standard InChI is InChI=1S/C16H18ClN3O2S2/c1-9-14(10-4-6-20(9)7-5-10)19-15(21)11-2-3-13(23-11)24-12-8-18-16(17)22-12/h2-3,8-10,14H,4-7H2,1H3,(H,19,21)/t9-,14-/m0/s1. The first-order valence-electron chi connectivity index (χ1n) is 8.04. The van der Waals surface area contributed by atoms with Gasteiger partial charge in [0, 0.05) is 12.1 Å². The molecular weight excluding hydrogens is 366 g/mol. The Morgan fingerprint density at radius 3 is 2.92 bits per heavy atom. The molecule has 128 valence electrons. The zero-order valence-electron chi connectivity index (χ0n) is 13.2. The predicted octanol–water partition coefficient (Wildman–Crippen LogP) is 3.75. The van der Waals surface area contributed by atoms with Crippen LogP contribution in [0.2, 0.25) is 5.35 Å². The highest BCUT2D eigenvalue weighted by molar-refractivity contribution is 8.01. The molecule has 3 aliphatic rings. The van der Waals surface area contributed by atoms with Crippen LogP contribution in [-0.2, 0) is 0 Å². The fourth-order valence-electron chi connectivity index (χ4n) is 3.65. The number of thiophene rings is 1. The molecule has 8 heteroatoms. The van der Waals surface area contributed by atoms with Gasteiger partial charge in [-0.3, -0.25) is 9.69 Å². The second kappa shape index (κ2) is 6.71. The summed E-state index contributed by atoms with van der Waals surface area (Å²) in [6, 6.07) is 4.48. The third-order valence-corrected chi connectivity index (χ3v) is 7.22. The zero-order chi connectivity index (χ0) is 16.7. The monoisotopic (exact) mass is 383 g/mol. The number of aromatic nitrogens is 1. The van der Waals surface area contributed by atoms with Crippen LogP contribution in [0, 0.1) is 5.92 Å². The summed E-state index contributed by atoms with van der Waals surface area (Å²) in [4.78, 5) is 19.7. The predicted molar refractivity (Wildman–Crippen MR) is 95.0 cm³/mol. The van der Waals surface area contributed by atoms with Crippen LogP contribution < -0.4 is 5.32 Å². The van der Waals surface area contributed by atoms with Crippen molar-refractivity contribution in [2.24, 2.45) is 5.92 Å². The number of piperidine rings is 3. The van der Waals surface area contributed by atoms with Crippen molar-refractivity contribution in [1.29, 1.82) is 0 Å². The Morgan fingerprint density at radius 2 is 2.25 bits per heavy atom. The molecule has 1 amide bonds. The van der Waals surface area contributed by atoms with Crippen LogP contribution in [0.5, 0.6) is 0 Å². The van der Waals surface area contributed by atoms with Gasteiger partial charge < -0.3 is 9.73 Å². The molecule has 0 spiro atoms. The first-order chi connectivity index (χ1) is 11.6. The van der Waals surface area contributed by atoms with Gasteiger partial charge in [-0.15, -0.1) is 11.3 Å². The molecule has 2 aromatic heterocycles. The van der Waals surface area contributed by atoms with E-state index in [2.05, 4.69) is 22.1 Å². The van der Waals surface area contributed by atoms with Gasteiger partial charge in [0.25, 0.3) is 11.3 Å². The number of hydrogen-bond acceptors (Lipinski definition) is 6. The minimum absolute atomic E-state index is 0.0213.